The topological polar surface area (TPSA) is 93.5 Å². The van der Waals surface area contributed by atoms with E-state index in [1.807, 2.05) is 0 Å². The number of rotatable bonds is 5. The molecule has 1 atom stereocenters. The number of hydrogen-bond donors (Lipinski definition) is 2. The number of aromatic nitrogens is 2. The molecule has 2 N–H and O–H groups in total. The van der Waals surface area contributed by atoms with Gasteiger partial charge in [0.1, 0.15) is 5.60 Å². The van der Waals surface area contributed by atoms with Gasteiger partial charge in [-0.3, -0.25) is 9.48 Å². The van der Waals surface area contributed by atoms with Gasteiger partial charge in [0, 0.05) is 19.8 Å². The van der Waals surface area contributed by atoms with Gasteiger partial charge in [0.2, 0.25) is 0 Å². The molecule has 0 radical (unpaired) electrons. The van der Waals surface area contributed by atoms with Crippen LogP contribution in [0.25, 0.3) is 0 Å². The van der Waals surface area contributed by atoms with E-state index in [9.17, 15) is 9.59 Å². The molecule has 0 aliphatic carbocycles. The van der Waals surface area contributed by atoms with Crippen molar-refractivity contribution in [1.29, 1.82) is 0 Å². The molecule has 7 heteroatoms. The summed E-state index contributed by atoms with van der Waals surface area (Å²) in [5.74, 6) is -1.68. The molecule has 1 unspecified atom stereocenters. The first-order chi connectivity index (χ1) is 9.17. The standard InChI is InChI=1S/C13H21N3O4/c1-13(2,3)20-12(19)14-7-10(11(17)18)5-9-6-15-16(4)8-9/h6,8,10H,5,7H2,1-4H3,(H,14,19)(H,17,18). The second-order valence-corrected chi connectivity index (χ2v) is 5.64. The van der Waals surface area contributed by atoms with E-state index < -0.39 is 23.6 Å². The van der Waals surface area contributed by atoms with E-state index >= 15 is 0 Å². The smallest absolute Gasteiger partial charge is 0.407 e. The first-order valence-corrected chi connectivity index (χ1v) is 6.34. The summed E-state index contributed by atoms with van der Waals surface area (Å²) in [6.07, 6.45) is 3.06. The molecule has 20 heavy (non-hydrogen) atoms. The molecule has 1 rings (SSSR count). The van der Waals surface area contributed by atoms with E-state index in [0.717, 1.165) is 5.56 Å². The molecule has 0 saturated heterocycles. The number of aliphatic carboxylic acids is 1. The molecule has 1 aromatic heterocycles. The molecule has 112 valence electrons. The summed E-state index contributed by atoms with van der Waals surface area (Å²) in [4.78, 5) is 22.7. The Kier molecular flexibility index (Phi) is 5.12. The third-order valence-corrected chi connectivity index (χ3v) is 2.48. The second-order valence-electron chi connectivity index (χ2n) is 5.64. The summed E-state index contributed by atoms with van der Waals surface area (Å²) in [6, 6.07) is 0. The van der Waals surface area contributed by atoms with Crippen molar-refractivity contribution >= 4 is 12.1 Å². The zero-order valence-electron chi connectivity index (χ0n) is 12.2. The molecular weight excluding hydrogens is 262 g/mol. The predicted octanol–water partition coefficient (Wildman–Crippen LogP) is 1.19. The minimum atomic E-state index is -0.968. The van der Waals surface area contributed by atoms with Crippen LogP contribution >= 0.6 is 0 Å². The number of carbonyl (C=O) groups excluding carboxylic acids is 1. The van der Waals surface area contributed by atoms with Gasteiger partial charge in [-0.2, -0.15) is 5.10 Å². The average molecular weight is 283 g/mol. The summed E-state index contributed by atoms with van der Waals surface area (Å²) in [7, 11) is 1.76. The molecule has 0 saturated carbocycles. The fraction of sp³-hybridized carbons (Fsp3) is 0.615. The highest BCUT2D eigenvalue weighted by Crippen LogP contribution is 2.09. The van der Waals surface area contributed by atoms with Crippen LogP contribution < -0.4 is 5.32 Å². The zero-order chi connectivity index (χ0) is 15.3. The zero-order valence-corrected chi connectivity index (χ0v) is 12.2. The van der Waals surface area contributed by atoms with Gasteiger partial charge in [-0.05, 0) is 32.8 Å². The number of amides is 1. The number of ether oxygens (including phenoxy) is 1. The number of alkyl carbamates (subject to hydrolysis) is 1. The highest BCUT2D eigenvalue weighted by atomic mass is 16.6. The van der Waals surface area contributed by atoms with Gasteiger partial charge < -0.3 is 15.2 Å². The van der Waals surface area contributed by atoms with E-state index in [1.165, 1.54) is 0 Å². The van der Waals surface area contributed by atoms with Gasteiger partial charge in [0.15, 0.2) is 0 Å². The van der Waals surface area contributed by atoms with Crippen molar-refractivity contribution in [3.05, 3.63) is 18.0 Å². The third kappa shape index (κ3) is 5.73. The molecule has 0 aromatic carbocycles. The molecule has 1 heterocycles. The van der Waals surface area contributed by atoms with Crippen molar-refractivity contribution in [3.8, 4) is 0 Å². The van der Waals surface area contributed by atoms with Gasteiger partial charge in [0.05, 0.1) is 12.1 Å². The van der Waals surface area contributed by atoms with Gasteiger partial charge in [-0.1, -0.05) is 0 Å². The summed E-state index contributed by atoms with van der Waals surface area (Å²) in [5.41, 5.74) is 0.206. The number of nitrogens with one attached hydrogen (secondary N) is 1. The third-order valence-electron chi connectivity index (χ3n) is 2.48. The molecule has 0 aliphatic heterocycles. The first kappa shape index (κ1) is 16.0. The Morgan fingerprint density at radius 2 is 2.15 bits per heavy atom. The second kappa shape index (κ2) is 6.40. The number of carboxylic acids is 1. The van der Waals surface area contributed by atoms with Gasteiger partial charge in [0.25, 0.3) is 0 Å². The summed E-state index contributed by atoms with van der Waals surface area (Å²) in [5, 5.41) is 15.6. The van der Waals surface area contributed by atoms with Crippen LogP contribution in [-0.2, 0) is 23.0 Å². The van der Waals surface area contributed by atoms with E-state index in [2.05, 4.69) is 10.4 Å². The van der Waals surface area contributed by atoms with Gasteiger partial charge in [-0.25, -0.2) is 4.79 Å². The number of hydrogen-bond acceptors (Lipinski definition) is 4. The van der Waals surface area contributed by atoms with Crippen molar-refractivity contribution in [3.63, 3.8) is 0 Å². The molecule has 7 nitrogen and oxygen atoms in total. The Labute approximate surface area is 117 Å². The van der Waals surface area contributed by atoms with Crippen LogP contribution in [0.5, 0.6) is 0 Å². The maximum atomic E-state index is 11.5. The number of carbonyl (C=O) groups is 2. The average Bonchev–Trinajstić information content (AvgIpc) is 2.67. The minimum absolute atomic E-state index is 0.0130. The van der Waals surface area contributed by atoms with Gasteiger partial charge >= 0.3 is 12.1 Å². The number of nitrogens with zero attached hydrogens (tertiary/aromatic N) is 2. The fourth-order valence-corrected chi connectivity index (χ4v) is 1.63. The monoisotopic (exact) mass is 283 g/mol. The van der Waals surface area contributed by atoms with Crippen LogP contribution in [0.4, 0.5) is 4.79 Å². The highest BCUT2D eigenvalue weighted by molar-refractivity contribution is 5.73. The highest BCUT2D eigenvalue weighted by Gasteiger charge is 2.22. The molecular formula is C13H21N3O4. The van der Waals surface area contributed by atoms with Crippen molar-refractivity contribution in [1.82, 2.24) is 15.1 Å². The van der Waals surface area contributed by atoms with Crippen LogP contribution in [0.2, 0.25) is 0 Å². The first-order valence-electron chi connectivity index (χ1n) is 6.34. The summed E-state index contributed by atoms with van der Waals surface area (Å²) >= 11 is 0. The maximum Gasteiger partial charge on any atom is 0.407 e. The van der Waals surface area contributed by atoms with E-state index in [1.54, 1.807) is 44.9 Å². The summed E-state index contributed by atoms with van der Waals surface area (Å²) < 4.78 is 6.67. The van der Waals surface area contributed by atoms with Crippen molar-refractivity contribution in [2.75, 3.05) is 6.54 Å². The Morgan fingerprint density at radius 3 is 2.60 bits per heavy atom. The Balaban J connectivity index is 2.52. The normalized spacial score (nSPS) is 12.8. The molecule has 0 spiro atoms. The SMILES string of the molecule is Cn1cc(CC(CNC(=O)OC(C)(C)C)C(=O)O)cn1. The van der Waals surface area contributed by atoms with E-state index in [4.69, 9.17) is 9.84 Å². The lowest BCUT2D eigenvalue weighted by atomic mass is 10.0. The maximum absolute atomic E-state index is 11.5. The van der Waals surface area contributed by atoms with Crippen LogP contribution in [0.15, 0.2) is 12.4 Å². The fourth-order valence-electron chi connectivity index (χ4n) is 1.63. The van der Waals surface area contributed by atoms with Crippen LogP contribution in [-0.4, -0.2) is 39.1 Å². The van der Waals surface area contributed by atoms with Crippen molar-refractivity contribution in [2.45, 2.75) is 32.8 Å². The molecule has 1 aromatic rings. The Bertz CT molecular complexity index is 476. The van der Waals surface area contributed by atoms with Crippen LogP contribution in [0, 0.1) is 5.92 Å². The summed E-state index contributed by atoms with van der Waals surface area (Å²) in [6.45, 7) is 5.25. The molecule has 1 amide bonds. The van der Waals surface area contributed by atoms with E-state index in [-0.39, 0.29) is 6.54 Å². The van der Waals surface area contributed by atoms with Crippen molar-refractivity contribution in [2.24, 2.45) is 13.0 Å². The lowest BCUT2D eigenvalue weighted by Gasteiger charge is -2.20. The largest absolute Gasteiger partial charge is 0.481 e. The van der Waals surface area contributed by atoms with E-state index in [0.29, 0.717) is 6.42 Å². The Hall–Kier alpha value is -2.05. The van der Waals surface area contributed by atoms with Crippen LogP contribution in [0.1, 0.15) is 26.3 Å². The lowest BCUT2D eigenvalue weighted by molar-refractivity contribution is -0.141. The minimum Gasteiger partial charge on any atom is -0.481 e. The number of aryl methyl sites for hydroxylation is 1. The quantitative estimate of drug-likeness (QED) is 0.846. The van der Waals surface area contributed by atoms with Crippen LogP contribution in [0.3, 0.4) is 0 Å². The number of carboxylic acid groups (broad SMARTS) is 1. The molecule has 0 bridgehead atoms. The predicted molar refractivity (Wildman–Crippen MR) is 72.3 cm³/mol. The molecule has 0 aliphatic rings. The lowest BCUT2D eigenvalue weighted by Crippen LogP contribution is -2.37. The molecule has 0 fully saturated rings. The van der Waals surface area contributed by atoms with Crippen molar-refractivity contribution < 1.29 is 19.4 Å². The van der Waals surface area contributed by atoms with Gasteiger partial charge in [-0.15, -0.1) is 0 Å². The Morgan fingerprint density at radius 1 is 1.50 bits per heavy atom.